The molecule has 0 aromatic carbocycles. The van der Waals surface area contributed by atoms with Gasteiger partial charge in [-0.15, -0.1) is 0 Å². The Balaban J connectivity index is 1.57. The summed E-state index contributed by atoms with van der Waals surface area (Å²) >= 11 is 0. The zero-order valence-corrected chi connectivity index (χ0v) is 18.6. The van der Waals surface area contributed by atoms with E-state index in [4.69, 9.17) is 24.7 Å². The van der Waals surface area contributed by atoms with Gasteiger partial charge in [0, 0.05) is 6.42 Å². The summed E-state index contributed by atoms with van der Waals surface area (Å²) in [4.78, 5) is 15.6. The van der Waals surface area contributed by atoms with Gasteiger partial charge >= 0.3 is 6.16 Å². The first-order valence-corrected chi connectivity index (χ1v) is 11.1. The van der Waals surface area contributed by atoms with Crippen molar-refractivity contribution in [2.75, 3.05) is 5.73 Å². The van der Waals surface area contributed by atoms with Crippen LogP contribution in [-0.4, -0.2) is 55.1 Å². The summed E-state index contributed by atoms with van der Waals surface area (Å²) in [5, 5.41) is 24.2. The second-order valence-electron chi connectivity index (χ2n) is 9.55. The number of hydrogen-bond acceptors (Lipinski definition) is 9. The third-order valence-corrected chi connectivity index (χ3v) is 6.87. The van der Waals surface area contributed by atoms with Crippen molar-refractivity contribution in [2.45, 2.75) is 87.7 Å². The van der Waals surface area contributed by atoms with Crippen molar-refractivity contribution in [3.8, 4) is 6.07 Å². The monoisotopic (exact) mass is 457 g/mol. The second-order valence-corrected chi connectivity index (χ2v) is 9.55. The molecule has 4 atom stereocenters. The number of ether oxygens (including phenoxy) is 4. The average molecular weight is 457 g/mol. The molecule has 3 aliphatic rings. The average Bonchev–Trinajstić information content (AvgIpc) is 3.40. The fourth-order valence-electron chi connectivity index (χ4n) is 5.60. The van der Waals surface area contributed by atoms with Crippen LogP contribution in [0.25, 0.3) is 5.52 Å². The normalized spacial score (nSPS) is 32.3. The Hall–Kier alpha value is -2.94. The highest BCUT2D eigenvalue weighted by Gasteiger charge is 2.66. The molecule has 1 saturated carbocycles. The molecule has 176 valence electrons. The molecule has 0 spiro atoms. The van der Waals surface area contributed by atoms with Crippen LogP contribution in [0.3, 0.4) is 0 Å². The van der Waals surface area contributed by atoms with E-state index in [0.29, 0.717) is 29.9 Å². The fourth-order valence-corrected chi connectivity index (χ4v) is 5.60. The number of carboxylic acid groups (broad SMARTS) is 1. The topological polar surface area (TPSA) is 154 Å². The molecule has 0 bridgehead atoms. The molecule has 3 N–H and O–H groups in total. The molecule has 0 amide bonds. The molecule has 5 rings (SSSR count). The zero-order valence-electron chi connectivity index (χ0n) is 18.6. The maximum Gasteiger partial charge on any atom is 0.506 e. The van der Waals surface area contributed by atoms with E-state index in [2.05, 4.69) is 16.2 Å². The Morgan fingerprint density at radius 2 is 2.06 bits per heavy atom. The number of nitrogen functional groups attached to an aromatic ring is 1. The maximum absolute atomic E-state index is 11.6. The number of nitrogens with zero attached hydrogens (tertiary/aromatic N) is 4. The van der Waals surface area contributed by atoms with Crippen LogP contribution >= 0.6 is 0 Å². The van der Waals surface area contributed by atoms with Gasteiger partial charge in [0.1, 0.15) is 41.8 Å². The van der Waals surface area contributed by atoms with Gasteiger partial charge in [0.05, 0.1) is 5.69 Å². The molecule has 2 aromatic rings. The van der Waals surface area contributed by atoms with Crippen LogP contribution in [0.4, 0.5) is 10.6 Å². The summed E-state index contributed by atoms with van der Waals surface area (Å²) in [5.41, 5.74) is 4.75. The molecule has 2 aromatic heterocycles. The van der Waals surface area contributed by atoms with E-state index in [0.717, 1.165) is 19.3 Å². The Labute approximate surface area is 190 Å². The van der Waals surface area contributed by atoms with Gasteiger partial charge in [0.15, 0.2) is 17.2 Å². The number of rotatable bonds is 4. The van der Waals surface area contributed by atoms with Gasteiger partial charge in [-0.05, 0) is 51.7 Å². The van der Waals surface area contributed by atoms with Gasteiger partial charge in [-0.3, -0.25) is 0 Å². The molecular formula is C22H27N5O6. The van der Waals surface area contributed by atoms with Crippen LogP contribution in [0.5, 0.6) is 0 Å². The van der Waals surface area contributed by atoms with E-state index in [9.17, 15) is 15.2 Å². The third kappa shape index (κ3) is 3.58. The minimum Gasteiger partial charge on any atom is -0.450 e. The summed E-state index contributed by atoms with van der Waals surface area (Å²) in [6.45, 7) is 3.57. The minimum absolute atomic E-state index is 0.0559. The van der Waals surface area contributed by atoms with Crippen molar-refractivity contribution in [2.24, 2.45) is 0 Å². The lowest BCUT2D eigenvalue weighted by molar-refractivity contribution is -0.210. The van der Waals surface area contributed by atoms with E-state index in [1.807, 2.05) is 6.07 Å². The SMILES string of the molecule is CC1(C)O[C@H]2[C@H](c3ccc4c(N)ncnn34)O[C@@](C#N)(CC3(OC(=O)O)CCCCC3)[C@H]2O1. The predicted molar refractivity (Wildman–Crippen MR) is 113 cm³/mol. The first-order chi connectivity index (χ1) is 15.7. The van der Waals surface area contributed by atoms with Gasteiger partial charge in [-0.1, -0.05) is 6.42 Å². The van der Waals surface area contributed by atoms with Gasteiger partial charge in [0.2, 0.25) is 0 Å². The van der Waals surface area contributed by atoms with Gasteiger partial charge in [-0.25, -0.2) is 14.3 Å². The van der Waals surface area contributed by atoms with Crippen LogP contribution in [0, 0.1) is 11.3 Å². The first kappa shape index (κ1) is 21.9. The molecule has 33 heavy (non-hydrogen) atoms. The summed E-state index contributed by atoms with van der Waals surface area (Å²) in [7, 11) is 0. The Bertz CT molecular complexity index is 1120. The van der Waals surface area contributed by atoms with E-state index >= 15 is 0 Å². The van der Waals surface area contributed by atoms with E-state index in [1.54, 1.807) is 24.4 Å². The molecular weight excluding hydrogens is 430 g/mol. The molecule has 2 aliphatic heterocycles. The van der Waals surface area contributed by atoms with Crippen LogP contribution in [0.1, 0.15) is 64.2 Å². The highest BCUT2D eigenvalue weighted by molar-refractivity contribution is 5.65. The van der Waals surface area contributed by atoms with Crippen LogP contribution < -0.4 is 5.73 Å². The molecule has 0 unspecified atom stereocenters. The van der Waals surface area contributed by atoms with Crippen molar-refractivity contribution < 1.29 is 28.8 Å². The lowest BCUT2D eigenvalue weighted by Gasteiger charge is -2.41. The molecule has 3 fully saturated rings. The molecule has 4 heterocycles. The number of carbonyl (C=O) groups is 1. The summed E-state index contributed by atoms with van der Waals surface area (Å²) in [6.07, 6.45) is 1.66. The number of anilines is 1. The number of aromatic nitrogens is 3. The second kappa shape index (κ2) is 7.55. The largest absolute Gasteiger partial charge is 0.506 e. The van der Waals surface area contributed by atoms with Crippen molar-refractivity contribution >= 4 is 17.5 Å². The summed E-state index contributed by atoms with van der Waals surface area (Å²) in [5.74, 6) is -0.634. The van der Waals surface area contributed by atoms with E-state index in [1.165, 1.54) is 6.33 Å². The van der Waals surface area contributed by atoms with Gasteiger partial charge in [-0.2, -0.15) is 10.4 Å². The maximum atomic E-state index is 11.6. The number of nitrogens with two attached hydrogens (primary N) is 1. The number of fused-ring (bicyclic) bond motifs is 2. The van der Waals surface area contributed by atoms with Crippen molar-refractivity contribution in [3.63, 3.8) is 0 Å². The molecule has 2 saturated heterocycles. The molecule has 11 nitrogen and oxygen atoms in total. The molecule has 0 radical (unpaired) electrons. The van der Waals surface area contributed by atoms with Gasteiger partial charge < -0.3 is 29.8 Å². The Kier molecular flexibility index (Phi) is 5.00. The summed E-state index contributed by atoms with van der Waals surface area (Å²) < 4.78 is 25.9. The van der Waals surface area contributed by atoms with Crippen molar-refractivity contribution in [3.05, 3.63) is 24.2 Å². The minimum atomic E-state index is -1.47. The Morgan fingerprint density at radius 3 is 2.76 bits per heavy atom. The Morgan fingerprint density at radius 1 is 1.30 bits per heavy atom. The number of hydrogen-bond donors (Lipinski definition) is 2. The zero-order chi connectivity index (χ0) is 23.4. The standard InChI is InChI=1S/C22H27N5O6/c1-20(2)30-16-15(13-6-7-14-18(24)25-12-26-27(13)14)31-22(11-23,17(16)32-20)10-21(33-19(28)29)8-4-3-5-9-21/h6-7,12,15-17H,3-5,8-10H2,1-2H3,(H,28,29)(H2,24,25,26)/t15-,16-,17-,22+/m0/s1. The molecule has 11 heteroatoms. The first-order valence-electron chi connectivity index (χ1n) is 11.1. The number of nitriles is 1. The highest BCUT2D eigenvalue weighted by Crippen LogP contribution is 2.54. The third-order valence-electron chi connectivity index (χ3n) is 6.87. The quantitative estimate of drug-likeness (QED) is 0.655. The van der Waals surface area contributed by atoms with Crippen LogP contribution in [0.15, 0.2) is 18.5 Å². The smallest absolute Gasteiger partial charge is 0.450 e. The van der Waals surface area contributed by atoms with E-state index in [-0.39, 0.29) is 6.42 Å². The van der Waals surface area contributed by atoms with Crippen LogP contribution in [-0.2, 0) is 18.9 Å². The molecule has 1 aliphatic carbocycles. The lowest BCUT2D eigenvalue weighted by atomic mass is 9.75. The van der Waals surface area contributed by atoms with Crippen LogP contribution in [0.2, 0.25) is 0 Å². The highest BCUT2D eigenvalue weighted by atomic mass is 16.8. The van der Waals surface area contributed by atoms with Crippen molar-refractivity contribution in [1.29, 1.82) is 5.26 Å². The lowest BCUT2D eigenvalue weighted by Crippen LogP contribution is -2.51. The fraction of sp³-hybridized carbons (Fsp3) is 0.636. The predicted octanol–water partition coefficient (Wildman–Crippen LogP) is 2.95. The van der Waals surface area contributed by atoms with Crippen molar-refractivity contribution in [1.82, 2.24) is 14.6 Å². The van der Waals surface area contributed by atoms with E-state index < -0.39 is 41.5 Å². The van der Waals surface area contributed by atoms with Gasteiger partial charge in [0.25, 0.3) is 0 Å². The summed E-state index contributed by atoms with van der Waals surface area (Å²) in [6, 6.07) is 5.91.